The van der Waals surface area contributed by atoms with E-state index in [1.54, 1.807) is 18.5 Å². The summed E-state index contributed by atoms with van der Waals surface area (Å²) in [5.41, 5.74) is 0. The molecule has 0 saturated carbocycles. The van der Waals surface area contributed by atoms with Crippen LogP contribution < -0.4 is 15.3 Å². The predicted molar refractivity (Wildman–Crippen MR) is 65.7 cm³/mol. The number of aromatic nitrogens is 2. The largest absolute Gasteiger partial charge is 0.305 e. The van der Waals surface area contributed by atoms with Crippen molar-refractivity contribution in [2.24, 2.45) is 0 Å². The Labute approximate surface area is 99.7 Å². The van der Waals surface area contributed by atoms with Crippen LogP contribution in [-0.4, -0.2) is 28.9 Å². The number of anilines is 1. The zero-order chi connectivity index (χ0) is 11.9. The van der Waals surface area contributed by atoms with Gasteiger partial charge in [-0.2, -0.15) is 0 Å². The van der Waals surface area contributed by atoms with Gasteiger partial charge in [-0.15, -0.1) is 11.6 Å². The minimum Gasteiger partial charge on any atom is -0.281 e. The van der Waals surface area contributed by atoms with Crippen LogP contribution >= 0.6 is 19.2 Å². The van der Waals surface area contributed by atoms with E-state index in [9.17, 15) is 4.57 Å². The first-order valence-electron chi connectivity index (χ1n) is 4.92. The first-order chi connectivity index (χ1) is 7.70. The Balaban J connectivity index is 2.67. The van der Waals surface area contributed by atoms with Gasteiger partial charge in [0.05, 0.1) is 0 Å². The van der Waals surface area contributed by atoms with Crippen molar-refractivity contribution in [1.29, 1.82) is 0 Å². The maximum atomic E-state index is 12.3. The second kappa shape index (κ2) is 6.81. The highest BCUT2D eigenvalue weighted by molar-refractivity contribution is 7.61. The molecule has 16 heavy (non-hydrogen) atoms. The first kappa shape index (κ1) is 13.4. The molecule has 0 aliphatic rings. The van der Waals surface area contributed by atoms with Gasteiger partial charge >= 0.3 is 7.59 Å². The Hall–Kier alpha value is -0.680. The Morgan fingerprint density at radius 2 is 2.06 bits per heavy atom. The molecule has 3 N–H and O–H groups in total. The molecule has 1 aromatic rings. The summed E-state index contributed by atoms with van der Waals surface area (Å²) in [6.45, 7) is 2.86. The van der Waals surface area contributed by atoms with Crippen molar-refractivity contribution in [2.45, 2.75) is 6.92 Å². The van der Waals surface area contributed by atoms with Crippen LogP contribution in [0.25, 0.3) is 0 Å². The lowest BCUT2D eigenvalue weighted by molar-refractivity contribution is 0.559. The SMILES string of the molecule is CCNP(=O)(NCCCl)Nc1ncccn1. The first-order valence-corrected chi connectivity index (χ1v) is 7.16. The highest BCUT2D eigenvalue weighted by Crippen LogP contribution is 2.34. The number of alkyl halides is 1. The normalized spacial score (nSPS) is 14.4. The summed E-state index contributed by atoms with van der Waals surface area (Å²) in [7, 11) is -2.92. The van der Waals surface area contributed by atoms with E-state index in [1.165, 1.54) is 0 Å². The highest BCUT2D eigenvalue weighted by atomic mass is 35.5. The molecule has 0 aromatic carbocycles. The van der Waals surface area contributed by atoms with E-state index >= 15 is 0 Å². The number of halogens is 1. The van der Waals surface area contributed by atoms with Crippen LogP contribution in [0.15, 0.2) is 18.5 Å². The number of rotatable bonds is 7. The van der Waals surface area contributed by atoms with E-state index in [1.807, 2.05) is 6.92 Å². The minimum absolute atomic E-state index is 0.314. The third-order valence-electron chi connectivity index (χ3n) is 1.63. The molecule has 1 atom stereocenters. The molecule has 1 aromatic heterocycles. The van der Waals surface area contributed by atoms with Gasteiger partial charge in [0.15, 0.2) is 0 Å². The summed E-state index contributed by atoms with van der Waals surface area (Å²) in [6.07, 6.45) is 3.15. The topological polar surface area (TPSA) is 78.9 Å². The van der Waals surface area contributed by atoms with Gasteiger partial charge in [-0.05, 0) is 6.07 Å². The Morgan fingerprint density at radius 1 is 1.38 bits per heavy atom. The number of hydrogen-bond acceptors (Lipinski definition) is 3. The molecule has 0 amide bonds. The number of nitrogens with one attached hydrogen (secondary N) is 3. The minimum atomic E-state index is -2.92. The summed E-state index contributed by atoms with van der Waals surface area (Å²) in [5.74, 6) is 0.695. The average molecular weight is 264 g/mol. The molecular formula is C8H15ClN5OP. The van der Waals surface area contributed by atoms with Gasteiger partial charge in [-0.25, -0.2) is 20.1 Å². The zero-order valence-electron chi connectivity index (χ0n) is 8.98. The van der Waals surface area contributed by atoms with Crippen molar-refractivity contribution < 1.29 is 4.57 Å². The molecule has 0 spiro atoms. The third kappa shape index (κ3) is 4.45. The number of nitrogens with zero attached hydrogens (tertiary/aromatic N) is 2. The lowest BCUT2D eigenvalue weighted by atomic mass is 10.7. The van der Waals surface area contributed by atoms with Crippen LogP contribution in [0.5, 0.6) is 0 Å². The summed E-state index contributed by atoms with van der Waals surface area (Å²) in [4.78, 5) is 7.89. The molecule has 1 rings (SSSR count). The molecule has 0 fully saturated rings. The Kier molecular flexibility index (Phi) is 5.69. The maximum absolute atomic E-state index is 12.3. The summed E-state index contributed by atoms with van der Waals surface area (Å²) < 4.78 is 12.3. The van der Waals surface area contributed by atoms with E-state index in [0.717, 1.165) is 0 Å². The van der Waals surface area contributed by atoms with Crippen molar-refractivity contribution in [3.05, 3.63) is 18.5 Å². The fourth-order valence-corrected chi connectivity index (χ4v) is 2.82. The molecule has 0 radical (unpaired) electrons. The summed E-state index contributed by atoms with van der Waals surface area (Å²) in [6, 6.07) is 1.69. The van der Waals surface area contributed by atoms with Crippen LogP contribution in [-0.2, 0) is 4.57 Å². The van der Waals surface area contributed by atoms with Crippen molar-refractivity contribution in [2.75, 3.05) is 24.1 Å². The Morgan fingerprint density at radius 3 is 2.62 bits per heavy atom. The third-order valence-corrected chi connectivity index (χ3v) is 3.77. The van der Waals surface area contributed by atoms with Gasteiger partial charge < -0.3 is 0 Å². The quantitative estimate of drug-likeness (QED) is 0.510. The van der Waals surface area contributed by atoms with E-state index in [4.69, 9.17) is 11.6 Å². The van der Waals surface area contributed by atoms with Crippen molar-refractivity contribution >= 4 is 25.1 Å². The van der Waals surface area contributed by atoms with Crippen LogP contribution in [0.2, 0.25) is 0 Å². The fraction of sp³-hybridized carbons (Fsp3) is 0.500. The molecule has 90 valence electrons. The van der Waals surface area contributed by atoms with Gasteiger partial charge in [0.2, 0.25) is 5.95 Å². The molecule has 0 bridgehead atoms. The van der Waals surface area contributed by atoms with Crippen LogP contribution in [0, 0.1) is 0 Å². The molecule has 1 heterocycles. The standard InChI is InChI=1S/C8H15ClN5OP/c1-2-12-16(15,13-7-4-9)14-8-10-5-3-6-11-8/h3,5-6H,2,4,7H2,1H3,(H3,10,11,12,13,14,15). The van der Waals surface area contributed by atoms with Gasteiger partial charge in [0.1, 0.15) is 0 Å². The van der Waals surface area contributed by atoms with Crippen LogP contribution in [0.4, 0.5) is 5.95 Å². The van der Waals surface area contributed by atoms with E-state index in [2.05, 4.69) is 25.2 Å². The van der Waals surface area contributed by atoms with Gasteiger partial charge in [0.25, 0.3) is 0 Å². The van der Waals surface area contributed by atoms with Crippen LogP contribution in [0.3, 0.4) is 0 Å². The fourth-order valence-electron chi connectivity index (χ4n) is 1.05. The van der Waals surface area contributed by atoms with E-state index in [-0.39, 0.29) is 0 Å². The molecule has 0 aliphatic carbocycles. The lowest BCUT2D eigenvalue weighted by Crippen LogP contribution is -2.28. The molecule has 1 unspecified atom stereocenters. The summed E-state index contributed by atoms with van der Waals surface area (Å²) in [5, 5.41) is 8.40. The van der Waals surface area contributed by atoms with Gasteiger partial charge in [-0.1, -0.05) is 6.92 Å². The second-order valence-electron chi connectivity index (χ2n) is 2.90. The number of hydrogen-bond donors (Lipinski definition) is 3. The molecule has 8 heteroatoms. The molecule has 0 saturated heterocycles. The Bertz CT molecular complexity index is 350. The highest BCUT2D eigenvalue weighted by Gasteiger charge is 2.20. The average Bonchev–Trinajstić information content (AvgIpc) is 2.28. The summed E-state index contributed by atoms with van der Waals surface area (Å²) >= 11 is 5.54. The van der Waals surface area contributed by atoms with E-state index in [0.29, 0.717) is 24.9 Å². The molecular weight excluding hydrogens is 249 g/mol. The van der Waals surface area contributed by atoms with Gasteiger partial charge in [-0.3, -0.25) is 9.65 Å². The molecule has 6 nitrogen and oxygen atoms in total. The van der Waals surface area contributed by atoms with Crippen molar-refractivity contribution in [3.63, 3.8) is 0 Å². The predicted octanol–water partition coefficient (Wildman–Crippen LogP) is 1.43. The van der Waals surface area contributed by atoms with Gasteiger partial charge in [0, 0.05) is 31.4 Å². The maximum Gasteiger partial charge on any atom is 0.305 e. The monoisotopic (exact) mass is 263 g/mol. The molecule has 0 aliphatic heterocycles. The van der Waals surface area contributed by atoms with Crippen molar-refractivity contribution in [1.82, 2.24) is 20.1 Å². The van der Waals surface area contributed by atoms with Crippen LogP contribution in [0.1, 0.15) is 6.92 Å². The van der Waals surface area contributed by atoms with Crippen molar-refractivity contribution in [3.8, 4) is 0 Å². The lowest BCUT2D eigenvalue weighted by Gasteiger charge is -2.20. The zero-order valence-corrected chi connectivity index (χ0v) is 10.6. The smallest absolute Gasteiger partial charge is 0.281 e. The second-order valence-corrected chi connectivity index (χ2v) is 5.35. The van der Waals surface area contributed by atoms with E-state index < -0.39 is 7.59 Å².